The molecule has 1 amide bonds. The quantitative estimate of drug-likeness (QED) is 0.422. The van der Waals surface area contributed by atoms with Crippen LogP contribution in [-0.4, -0.2) is 66.6 Å². The highest BCUT2D eigenvalue weighted by Crippen LogP contribution is 2.39. The number of aromatic nitrogens is 2. The molecule has 10 nitrogen and oxygen atoms in total. The standard InChI is InChI=1S/C27H29Cl2N5O5S/c1-38-21-9-6-18(7-10-21)14-19-16-33(40(2,36)37)17-22-25(19)34(24-11-8-20(28)15-23(24)29)30-26(22)39-27(35)31-32-12-4-3-5-13-32/h6-11,14-15H,3-5,12-13,16-17H2,1-2H3,(H,31,35)/b19-14+. The Morgan fingerprint density at radius 1 is 1.05 bits per heavy atom. The van der Waals surface area contributed by atoms with E-state index in [1.807, 2.05) is 35.4 Å². The van der Waals surface area contributed by atoms with E-state index in [9.17, 15) is 13.2 Å². The van der Waals surface area contributed by atoms with Crippen molar-refractivity contribution in [3.63, 3.8) is 0 Å². The van der Waals surface area contributed by atoms with E-state index < -0.39 is 16.1 Å². The van der Waals surface area contributed by atoms with Crippen molar-refractivity contribution in [3.05, 3.63) is 69.3 Å². The van der Waals surface area contributed by atoms with Gasteiger partial charge in [-0.25, -0.2) is 22.9 Å². The maximum absolute atomic E-state index is 12.9. The van der Waals surface area contributed by atoms with Crippen LogP contribution in [0.15, 0.2) is 42.5 Å². The Hall–Kier alpha value is -3.09. The molecule has 0 spiro atoms. The summed E-state index contributed by atoms with van der Waals surface area (Å²) in [6.45, 7) is 1.48. The summed E-state index contributed by atoms with van der Waals surface area (Å²) < 4.78 is 39.3. The molecule has 2 aliphatic heterocycles. The Balaban J connectivity index is 1.63. The zero-order valence-electron chi connectivity index (χ0n) is 22.1. The van der Waals surface area contributed by atoms with Gasteiger partial charge in [-0.05, 0) is 60.4 Å². The number of hydrazine groups is 1. The van der Waals surface area contributed by atoms with Gasteiger partial charge in [-0.2, -0.15) is 4.31 Å². The van der Waals surface area contributed by atoms with Crippen LogP contribution in [0.1, 0.15) is 36.1 Å². The molecule has 0 radical (unpaired) electrons. The summed E-state index contributed by atoms with van der Waals surface area (Å²) in [6.07, 6.45) is 5.37. The molecule has 2 aliphatic rings. The molecule has 13 heteroatoms. The Bertz CT molecular complexity index is 1550. The number of amides is 1. The topological polar surface area (TPSA) is 106 Å². The summed E-state index contributed by atoms with van der Waals surface area (Å²) in [5.41, 5.74) is 5.75. The van der Waals surface area contributed by atoms with Crippen LogP contribution in [0.2, 0.25) is 10.0 Å². The molecule has 0 aliphatic carbocycles. The van der Waals surface area contributed by atoms with Crippen LogP contribution in [0.4, 0.5) is 4.79 Å². The molecule has 1 fully saturated rings. The van der Waals surface area contributed by atoms with E-state index in [0.29, 0.717) is 38.3 Å². The first-order valence-corrected chi connectivity index (χ1v) is 15.3. The predicted octanol–water partition coefficient (Wildman–Crippen LogP) is 4.99. The number of hydrogen-bond donors (Lipinski definition) is 1. The van der Waals surface area contributed by atoms with Gasteiger partial charge >= 0.3 is 6.09 Å². The number of methoxy groups -OCH3 is 1. The normalized spacial score (nSPS) is 17.4. The molecule has 1 saturated heterocycles. The molecule has 3 heterocycles. The number of hydrogen-bond acceptors (Lipinski definition) is 7. The molecule has 5 rings (SSSR count). The van der Waals surface area contributed by atoms with Crippen molar-refractivity contribution in [2.75, 3.05) is 33.0 Å². The van der Waals surface area contributed by atoms with E-state index >= 15 is 0 Å². The lowest BCUT2D eigenvalue weighted by molar-refractivity contribution is 0.127. The van der Waals surface area contributed by atoms with Gasteiger partial charge in [0, 0.05) is 31.2 Å². The van der Waals surface area contributed by atoms with Crippen LogP contribution >= 0.6 is 23.2 Å². The van der Waals surface area contributed by atoms with Gasteiger partial charge in [-0.3, -0.25) is 5.43 Å². The highest BCUT2D eigenvalue weighted by molar-refractivity contribution is 7.88. The van der Waals surface area contributed by atoms with Gasteiger partial charge in [0.2, 0.25) is 15.9 Å². The number of nitrogens with one attached hydrogen (secondary N) is 1. The fraction of sp³-hybridized carbons (Fsp3) is 0.333. The van der Waals surface area contributed by atoms with E-state index in [0.717, 1.165) is 44.2 Å². The van der Waals surface area contributed by atoms with E-state index in [2.05, 4.69) is 10.5 Å². The van der Waals surface area contributed by atoms with E-state index in [-0.39, 0.29) is 19.0 Å². The average molecular weight is 607 g/mol. The lowest BCUT2D eigenvalue weighted by Crippen LogP contribution is -2.46. The van der Waals surface area contributed by atoms with Crippen molar-refractivity contribution in [3.8, 4) is 17.3 Å². The van der Waals surface area contributed by atoms with Crippen LogP contribution < -0.4 is 14.9 Å². The van der Waals surface area contributed by atoms with Crippen LogP contribution in [0.25, 0.3) is 17.3 Å². The maximum atomic E-state index is 12.9. The second-order valence-electron chi connectivity index (χ2n) is 9.66. The zero-order chi connectivity index (χ0) is 28.4. The first-order chi connectivity index (χ1) is 19.1. The summed E-state index contributed by atoms with van der Waals surface area (Å²) >= 11 is 12.7. The number of nitrogens with zero attached hydrogens (tertiary/aromatic N) is 4. The van der Waals surface area contributed by atoms with E-state index in [1.165, 1.54) is 4.31 Å². The van der Waals surface area contributed by atoms with E-state index in [1.54, 1.807) is 30.0 Å². The molecule has 40 heavy (non-hydrogen) atoms. The third kappa shape index (κ3) is 6.29. The first-order valence-electron chi connectivity index (χ1n) is 12.7. The largest absolute Gasteiger partial charge is 0.497 e. The second-order valence-corrected chi connectivity index (χ2v) is 12.5. The van der Waals surface area contributed by atoms with Gasteiger partial charge in [-0.1, -0.05) is 41.8 Å². The smallest absolute Gasteiger partial charge is 0.428 e. The highest BCUT2D eigenvalue weighted by atomic mass is 35.5. The molecule has 1 N–H and O–H groups in total. The fourth-order valence-corrected chi connectivity index (χ4v) is 6.03. The van der Waals surface area contributed by atoms with Crippen LogP contribution in [-0.2, 0) is 16.6 Å². The summed E-state index contributed by atoms with van der Waals surface area (Å²) in [4.78, 5) is 12.9. The van der Waals surface area contributed by atoms with Crippen LogP contribution in [0, 0.1) is 0 Å². The Morgan fingerprint density at radius 2 is 1.77 bits per heavy atom. The van der Waals surface area contributed by atoms with Crippen molar-refractivity contribution < 1.29 is 22.7 Å². The number of rotatable bonds is 6. The summed E-state index contributed by atoms with van der Waals surface area (Å²) in [6, 6.07) is 12.3. The zero-order valence-corrected chi connectivity index (χ0v) is 24.4. The van der Waals surface area contributed by atoms with Gasteiger partial charge in [0.05, 0.1) is 35.3 Å². The van der Waals surface area contributed by atoms with Gasteiger partial charge < -0.3 is 9.47 Å². The Morgan fingerprint density at radius 3 is 2.42 bits per heavy atom. The molecular formula is C27H29Cl2N5O5S. The monoisotopic (exact) mass is 605 g/mol. The number of halogens is 2. The molecule has 1 aromatic heterocycles. The minimum atomic E-state index is -3.61. The minimum Gasteiger partial charge on any atom is -0.497 e. The average Bonchev–Trinajstić information content (AvgIpc) is 3.27. The Labute approximate surface area is 243 Å². The number of sulfonamides is 1. The van der Waals surface area contributed by atoms with Crippen molar-refractivity contribution in [1.82, 2.24) is 24.5 Å². The molecule has 2 aromatic carbocycles. The third-order valence-corrected chi connectivity index (χ3v) is 8.52. The molecule has 0 unspecified atom stereocenters. The van der Waals surface area contributed by atoms with Gasteiger partial charge in [0.15, 0.2) is 0 Å². The molecular weight excluding hydrogens is 577 g/mol. The molecule has 0 bridgehead atoms. The van der Waals surface area contributed by atoms with Gasteiger partial charge in [0.1, 0.15) is 5.75 Å². The van der Waals surface area contributed by atoms with Crippen molar-refractivity contribution >= 4 is 51.0 Å². The highest BCUT2D eigenvalue weighted by Gasteiger charge is 2.35. The molecule has 0 atom stereocenters. The number of piperidine rings is 1. The minimum absolute atomic E-state index is 0.00972. The Kier molecular flexibility index (Phi) is 8.39. The SMILES string of the molecule is COc1ccc(/C=C2\CN(S(C)(=O)=O)Cc3c(OC(=O)NN4CCCCC4)nn(-c4ccc(Cl)cc4Cl)c32)cc1. The van der Waals surface area contributed by atoms with Crippen molar-refractivity contribution in [1.29, 1.82) is 0 Å². The second kappa shape index (κ2) is 11.8. The van der Waals surface area contributed by atoms with Crippen LogP contribution in [0.5, 0.6) is 11.6 Å². The number of benzene rings is 2. The lowest BCUT2D eigenvalue weighted by atomic mass is 10.0. The van der Waals surface area contributed by atoms with Crippen LogP contribution in [0.3, 0.4) is 0 Å². The predicted molar refractivity (Wildman–Crippen MR) is 154 cm³/mol. The fourth-order valence-electron chi connectivity index (χ4n) is 4.80. The maximum Gasteiger partial charge on any atom is 0.428 e. The first kappa shape index (κ1) is 28.4. The molecule has 3 aromatic rings. The molecule has 0 saturated carbocycles. The number of fused-ring (bicyclic) bond motifs is 1. The number of carbonyl (C=O) groups is 1. The molecule has 212 valence electrons. The third-order valence-electron chi connectivity index (χ3n) is 6.79. The van der Waals surface area contributed by atoms with Crippen molar-refractivity contribution in [2.45, 2.75) is 25.8 Å². The summed E-state index contributed by atoms with van der Waals surface area (Å²) in [5.74, 6) is 0.683. The van der Waals surface area contributed by atoms with E-state index in [4.69, 9.17) is 32.7 Å². The van der Waals surface area contributed by atoms with Gasteiger partial charge in [-0.15, -0.1) is 5.10 Å². The number of carbonyl (C=O) groups excluding carboxylic acids is 1. The van der Waals surface area contributed by atoms with Crippen molar-refractivity contribution in [2.24, 2.45) is 0 Å². The lowest BCUT2D eigenvalue weighted by Gasteiger charge is -2.28. The summed E-state index contributed by atoms with van der Waals surface area (Å²) in [7, 11) is -2.03. The summed E-state index contributed by atoms with van der Waals surface area (Å²) in [5, 5.41) is 7.21. The number of ether oxygens (including phenoxy) is 2. The van der Waals surface area contributed by atoms with Gasteiger partial charge in [0.25, 0.3) is 0 Å².